The molecule has 126 valence electrons. The van der Waals surface area contributed by atoms with E-state index in [9.17, 15) is 9.59 Å². The predicted octanol–water partition coefficient (Wildman–Crippen LogP) is 2.17. The lowest BCUT2D eigenvalue weighted by molar-refractivity contribution is -0.124. The summed E-state index contributed by atoms with van der Waals surface area (Å²) in [4.78, 5) is 25.1. The molecule has 0 radical (unpaired) electrons. The Labute approximate surface area is 143 Å². The van der Waals surface area contributed by atoms with Gasteiger partial charge in [-0.25, -0.2) is 4.79 Å². The van der Waals surface area contributed by atoms with Gasteiger partial charge < -0.3 is 19.5 Å². The van der Waals surface area contributed by atoms with E-state index >= 15 is 0 Å². The zero-order chi connectivity index (χ0) is 16.9. The molecule has 0 bridgehead atoms. The molecule has 1 aliphatic heterocycles. The number of amides is 1. The molecule has 1 aromatic heterocycles. The molecular formula is C17H17NO5S. The maximum Gasteiger partial charge on any atom is 0.348 e. The van der Waals surface area contributed by atoms with E-state index in [1.807, 2.05) is 37.3 Å². The van der Waals surface area contributed by atoms with Crippen LogP contribution >= 0.6 is 11.3 Å². The van der Waals surface area contributed by atoms with Crippen LogP contribution in [0.1, 0.15) is 14.5 Å². The molecule has 2 heterocycles. The van der Waals surface area contributed by atoms with Crippen LogP contribution < -0.4 is 14.8 Å². The maximum absolute atomic E-state index is 11.8. The Hall–Kier alpha value is -2.54. The summed E-state index contributed by atoms with van der Waals surface area (Å²) >= 11 is 1.33. The number of para-hydroxylation sites is 2. The van der Waals surface area contributed by atoms with Crippen LogP contribution in [0.15, 0.2) is 36.4 Å². The Morgan fingerprint density at radius 2 is 2.04 bits per heavy atom. The highest BCUT2D eigenvalue weighted by Crippen LogP contribution is 2.30. The number of ether oxygens (including phenoxy) is 3. The predicted molar refractivity (Wildman–Crippen MR) is 88.7 cm³/mol. The van der Waals surface area contributed by atoms with E-state index in [-0.39, 0.29) is 25.2 Å². The van der Waals surface area contributed by atoms with Crippen LogP contribution in [0.4, 0.5) is 0 Å². The molecule has 1 aliphatic rings. The van der Waals surface area contributed by atoms with Crippen molar-refractivity contribution in [3.63, 3.8) is 0 Å². The monoisotopic (exact) mass is 347 g/mol. The summed E-state index contributed by atoms with van der Waals surface area (Å²) in [6.45, 7) is 2.22. The molecule has 3 rings (SSSR count). The van der Waals surface area contributed by atoms with Crippen molar-refractivity contribution in [1.29, 1.82) is 0 Å². The summed E-state index contributed by atoms with van der Waals surface area (Å²) < 4.78 is 16.3. The van der Waals surface area contributed by atoms with Crippen LogP contribution in [0.5, 0.6) is 11.5 Å². The molecule has 1 amide bonds. The molecule has 0 aliphatic carbocycles. The SMILES string of the molecule is Cc1ccc(C(=O)OCC(=O)NC[C@H]2COc3ccccc3O2)s1. The molecule has 0 unspecified atom stereocenters. The Bertz CT molecular complexity index is 742. The molecule has 0 fully saturated rings. The average Bonchev–Trinajstić information content (AvgIpc) is 3.04. The van der Waals surface area contributed by atoms with E-state index < -0.39 is 5.97 Å². The van der Waals surface area contributed by atoms with Gasteiger partial charge in [0, 0.05) is 4.88 Å². The van der Waals surface area contributed by atoms with Crippen LogP contribution in [0.3, 0.4) is 0 Å². The third-order valence-electron chi connectivity index (χ3n) is 3.37. The maximum atomic E-state index is 11.8. The van der Waals surface area contributed by atoms with Gasteiger partial charge in [0.25, 0.3) is 5.91 Å². The zero-order valence-electron chi connectivity index (χ0n) is 13.1. The number of esters is 1. The molecular weight excluding hydrogens is 330 g/mol. The summed E-state index contributed by atoms with van der Waals surface area (Å²) in [5, 5.41) is 2.68. The highest BCUT2D eigenvalue weighted by atomic mass is 32.1. The average molecular weight is 347 g/mol. The van der Waals surface area contributed by atoms with Gasteiger partial charge in [-0.2, -0.15) is 0 Å². The normalized spacial score (nSPS) is 15.6. The molecule has 6 nitrogen and oxygen atoms in total. The molecule has 1 aromatic carbocycles. The van der Waals surface area contributed by atoms with Crippen molar-refractivity contribution in [2.75, 3.05) is 19.8 Å². The molecule has 2 aromatic rings. The van der Waals surface area contributed by atoms with Gasteiger partial charge in [0.05, 0.1) is 6.54 Å². The first-order chi connectivity index (χ1) is 11.6. The van der Waals surface area contributed by atoms with Gasteiger partial charge >= 0.3 is 5.97 Å². The van der Waals surface area contributed by atoms with Gasteiger partial charge in [0.1, 0.15) is 17.6 Å². The van der Waals surface area contributed by atoms with E-state index in [1.54, 1.807) is 6.07 Å². The Morgan fingerprint density at radius 1 is 1.25 bits per heavy atom. The second kappa shape index (κ2) is 7.35. The van der Waals surface area contributed by atoms with E-state index in [1.165, 1.54) is 11.3 Å². The van der Waals surface area contributed by atoms with Crippen LogP contribution in [-0.2, 0) is 9.53 Å². The second-order valence-electron chi connectivity index (χ2n) is 5.29. The number of rotatable bonds is 5. The molecule has 0 saturated carbocycles. The van der Waals surface area contributed by atoms with E-state index in [0.717, 1.165) is 4.88 Å². The lowest BCUT2D eigenvalue weighted by atomic mass is 10.2. The highest BCUT2D eigenvalue weighted by molar-refractivity contribution is 7.13. The minimum Gasteiger partial charge on any atom is -0.486 e. The fraction of sp³-hybridized carbons (Fsp3) is 0.294. The second-order valence-corrected chi connectivity index (χ2v) is 6.58. The van der Waals surface area contributed by atoms with Crippen LogP contribution in [-0.4, -0.2) is 37.7 Å². The van der Waals surface area contributed by atoms with Gasteiger partial charge in [-0.15, -0.1) is 11.3 Å². The molecule has 1 N–H and O–H groups in total. The Kier molecular flexibility index (Phi) is 5.00. The molecule has 0 spiro atoms. The summed E-state index contributed by atoms with van der Waals surface area (Å²) in [5.41, 5.74) is 0. The van der Waals surface area contributed by atoms with Gasteiger partial charge in [0.15, 0.2) is 18.1 Å². The van der Waals surface area contributed by atoms with Gasteiger partial charge in [-0.3, -0.25) is 4.79 Å². The highest BCUT2D eigenvalue weighted by Gasteiger charge is 2.21. The van der Waals surface area contributed by atoms with Crippen molar-refractivity contribution in [3.8, 4) is 11.5 Å². The largest absolute Gasteiger partial charge is 0.486 e. The fourth-order valence-electron chi connectivity index (χ4n) is 2.19. The smallest absolute Gasteiger partial charge is 0.348 e. The summed E-state index contributed by atoms with van der Waals surface area (Å²) in [7, 11) is 0. The van der Waals surface area contributed by atoms with Gasteiger partial charge in [0.2, 0.25) is 0 Å². The van der Waals surface area contributed by atoms with Crippen molar-refractivity contribution in [2.45, 2.75) is 13.0 Å². The topological polar surface area (TPSA) is 73.9 Å². The van der Waals surface area contributed by atoms with Crippen molar-refractivity contribution in [1.82, 2.24) is 5.32 Å². The van der Waals surface area contributed by atoms with E-state index in [2.05, 4.69) is 5.32 Å². The summed E-state index contributed by atoms with van der Waals surface area (Å²) in [6, 6.07) is 10.9. The van der Waals surface area contributed by atoms with Crippen molar-refractivity contribution < 1.29 is 23.8 Å². The van der Waals surface area contributed by atoms with Crippen LogP contribution in [0.2, 0.25) is 0 Å². The first kappa shape index (κ1) is 16.3. The third-order valence-corrected chi connectivity index (χ3v) is 4.35. The Balaban J connectivity index is 1.41. The van der Waals surface area contributed by atoms with Crippen LogP contribution in [0.25, 0.3) is 0 Å². The van der Waals surface area contributed by atoms with Crippen molar-refractivity contribution in [2.24, 2.45) is 0 Å². The van der Waals surface area contributed by atoms with Gasteiger partial charge in [-0.05, 0) is 31.2 Å². The number of hydrogen-bond acceptors (Lipinski definition) is 6. The van der Waals surface area contributed by atoms with Crippen molar-refractivity contribution >= 4 is 23.2 Å². The van der Waals surface area contributed by atoms with E-state index in [4.69, 9.17) is 14.2 Å². The number of carbonyl (C=O) groups excluding carboxylic acids is 2. The summed E-state index contributed by atoms with van der Waals surface area (Å²) in [6.07, 6.45) is -0.278. The first-order valence-corrected chi connectivity index (χ1v) is 8.32. The van der Waals surface area contributed by atoms with E-state index in [0.29, 0.717) is 23.0 Å². The molecule has 7 heteroatoms. The van der Waals surface area contributed by atoms with Crippen LogP contribution in [0, 0.1) is 6.92 Å². The first-order valence-electron chi connectivity index (χ1n) is 7.50. The summed E-state index contributed by atoms with van der Waals surface area (Å²) in [5.74, 6) is 0.483. The quantitative estimate of drug-likeness (QED) is 0.839. The fourth-order valence-corrected chi connectivity index (χ4v) is 2.95. The number of benzene rings is 1. The van der Waals surface area contributed by atoms with Gasteiger partial charge in [-0.1, -0.05) is 12.1 Å². The number of fused-ring (bicyclic) bond motifs is 1. The number of thiophene rings is 1. The minimum absolute atomic E-state index is 0.278. The van der Waals surface area contributed by atoms with Crippen molar-refractivity contribution in [3.05, 3.63) is 46.2 Å². The Morgan fingerprint density at radius 3 is 2.79 bits per heavy atom. The molecule has 1 atom stereocenters. The molecule has 24 heavy (non-hydrogen) atoms. The zero-order valence-corrected chi connectivity index (χ0v) is 13.9. The number of aryl methyl sites for hydroxylation is 1. The standard InChI is InChI=1S/C17H17NO5S/c1-11-6-7-15(24-11)17(20)22-10-16(19)18-8-12-9-21-13-4-2-3-5-14(13)23-12/h2-7,12H,8-10H2,1H3,(H,18,19)/t12-/m0/s1. The third kappa shape index (κ3) is 4.05. The lowest BCUT2D eigenvalue weighted by Crippen LogP contribution is -2.42. The number of hydrogen-bond donors (Lipinski definition) is 1. The molecule has 0 saturated heterocycles. The minimum atomic E-state index is -0.491. The number of nitrogens with one attached hydrogen (secondary N) is 1. The lowest BCUT2D eigenvalue weighted by Gasteiger charge is -2.26. The number of carbonyl (C=O) groups is 2.